The third-order valence-electron chi connectivity index (χ3n) is 2.88. The molecule has 3 N–H and O–H groups in total. The number of urea groups is 1. The van der Waals surface area contributed by atoms with Crippen LogP contribution in [-0.2, 0) is 0 Å². The van der Waals surface area contributed by atoms with Crippen LogP contribution in [0.5, 0.6) is 0 Å². The Labute approximate surface area is 130 Å². The molecule has 0 radical (unpaired) electrons. The maximum atomic E-state index is 11.9. The molecule has 1 heterocycles. The minimum atomic E-state index is -0.365. The van der Waals surface area contributed by atoms with Gasteiger partial charge in [0.1, 0.15) is 0 Å². The molecule has 21 heavy (non-hydrogen) atoms. The molecule has 0 aliphatic carbocycles. The molecule has 0 aliphatic rings. The first-order chi connectivity index (χ1) is 10.1. The van der Waals surface area contributed by atoms with E-state index in [1.54, 1.807) is 30.5 Å². The number of nitrogens with one attached hydrogen (secondary N) is 3. The summed E-state index contributed by atoms with van der Waals surface area (Å²) in [5, 5.41) is 13.9. The summed E-state index contributed by atoms with van der Waals surface area (Å²) in [5.74, 6) is 0. The van der Waals surface area contributed by atoms with E-state index in [1.807, 2.05) is 12.1 Å². The number of anilines is 2. The van der Waals surface area contributed by atoms with Crippen molar-refractivity contribution in [1.29, 1.82) is 0 Å². The summed E-state index contributed by atoms with van der Waals surface area (Å²) in [4.78, 5) is 11.9. The zero-order valence-electron chi connectivity index (χ0n) is 10.7. The zero-order chi connectivity index (χ0) is 14.8. The highest BCUT2D eigenvalue weighted by molar-refractivity contribution is 6.42. The molecule has 2 amide bonds. The standard InChI is InChI=1S/C14H10Cl2N4O/c15-11-3-1-10(6-12(11)16)19-14(21)18-9-2-4-13-8(5-9)7-17-20-13/h1-7H,(H,17,20)(H2,18,19,21). The summed E-state index contributed by atoms with van der Waals surface area (Å²) in [6.07, 6.45) is 1.69. The van der Waals surface area contributed by atoms with Crippen molar-refractivity contribution in [1.82, 2.24) is 10.2 Å². The van der Waals surface area contributed by atoms with Gasteiger partial charge in [-0.15, -0.1) is 0 Å². The summed E-state index contributed by atoms with van der Waals surface area (Å²) in [7, 11) is 0. The number of nitrogens with zero attached hydrogens (tertiary/aromatic N) is 1. The van der Waals surface area contributed by atoms with Gasteiger partial charge in [0, 0.05) is 16.8 Å². The minimum absolute atomic E-state index is 0.365. The molecule has 7 heteroatoms. The lowest BCUT2D eigenvalue weighted by molar-refractivity contribution is 0.262. The van der Waals surface area contributed by atoms with E-state index in [-0.39, 0.29) is 6.03 Å². The van der Waals surface area contributed by atoms with E-state index >= 15 is 0 Å². The first kappa shape index (κ1) is 13.7. The molecule has 3 rings (SSSR count). The summed E-state index contributed by atoms with van der Waals surface area (Å²) in [5.41, 5.74) is 2.14. The predicted octanol–water partition coefficient (Wildman–Crippen LogP) is 4.51. The molecule has 0 atom stereocenters. The van der Waals surface area contributed by atoms with Crippen LogP contribution >= 0.6 is 23.2 Å². The van der Waals surface area contributed by atoms with E-state index in [0.717, 1.165) is 10.9 Å². The molecule has 0 saturated carbocycles. The number of benzene rings is 2. The van der Waals surface area contributed by atoms with Crippen LogP contribution in [0.4, 0.5) is 16.2 Å². The second-order valence-corrected chi connectivity index (χ2v) is 5.19. The summed E-state index contributed by atoms with van der Waals surface area (Å²) >= 11 is 11.7. The predicted molar refractivity (Wildman–Crippen MR) is 85.2 cm³/mol. The monoisotopic (exact) mass is 320 g/mol. The third-order valence-corrected chi connectivity index (χ3v) is 3.61. The molecule has 1 aromatic heterocycles. The Hall–Kier alpha value is -2.24. The topological polar surface area (TPSA) is 69.8 Å². The molecule has 2 aromatic carbocycles. The SMILES string of the molecule is O=C(Nc1ccc(Cl)c(Cl)c1)Nc1ccc2[nH]ncc2c1. The number of halogens is 2. The summed E-state index contributed by atoms with van der Waals surface area (Å²) in [6.45, 7) is 0. The van der Waals surface area contributed by atoms with E-state index in [1.165, 1.54) is 0 Å². The number of aromatic nitrogens is 2. The van der Waals surface area contributed by atoms with Crippen LogP contribution in [0.2, 0.25) is 10.0 Å². The average Bonchev–Trinajstić information content (AvgIpc) is 2.90. The second-order valence-electron chi connectivity index (χ2n) is 4.38. The molecule has 0 saturated heterocycles. The van der Waals surface area contributed by atoms with Gasteiger partial charge in [-0.2, -0.15) is 5.10 Å². The molecule has 0 fully saturated rings. The maximum absolute atomic E-state index is 11.9. The molecular formula is C14H10Cl2N4O. The van der Waals surface area contributed by atoms with Crippen LogP contribution in [0.3, 0.4) is 0 Å². The lowest BCUT2D eigenvalue weighted by Gasteiger charge is -2.08. The Balaban J connectivity index is 1.71. The lowest BCUT2D eigenvalue weighted by atomic mass is 10.2. The van der Waals surface area contributed by atoms with Gasteiger partial charge in [-0.05, 0) is 36.4 Å². The van der Waals surface area contributed by atoms with Crippen molar-refractivity contribution >= 4 is 51.5 Å². The van der Waals surface area contributed by atoms with Gasteiger partial charge in [0.05, 0.1) is 21.8 Å². The van der Waals surface area contributed by atoms with E-state index in [2.05, 4.69) is 20.8 Å². The molecular weight excluding hydrogens is 311 g/mol. The highest BCUT2D eigenvalue weighted by Gasteiger charge is 2.06. The van der Waals surface area contributed by atoms with Crippen LogP contribution in [-0.4, -0.2) is 16.2 Å². The van der Waals surface area contributed by atoms with E-state index in [4.69, 9.17) is 23.2 Å². The largest absolute Gasteiger partial charge is 0.323 e. The van der Waals surface area contributed by atoms with Gasteiger partial charge in [-0.25, -0.2) is 4.79 Å². The van der Waals surface area contributed by atoms with Crippen molar-refractivity contribution in [3.05, 3.63) is 52.6 Å². The Bertz CT molecular complexity index is 816. The molecule has 106 valence electrons. The van der Waals surface area contributed by atoms with Crippen molar-refractivity contribution in [2.45, 2.75) is 0 Å². The Morgan fingerprint density at radius 3 is 2.48 bits per heavy atom. The normalized spacial score (nSPS) is 10.6. The highest BCUT2D eigenvalue weighted by Crippen LogP contribution is 2.25. The Morgan fingerprint density at radius 1 is 1.00 bits per heavy atom. The number of hydrogen-bond acceptors (Lipinski definition) is 2. The van der Waals surface area contributed by atoms with Crippen LogP contribution < -0.4 is 10.6 Å². The first-order valence-corrected chi connectivity index (χ1v) is 6.83. The van der Waals surface area contributed by atoms with Crippen LogP contribution in [0.15, 0.2) is 42.6 Å². The fourth-order valence-electron chi connectivity index (χ4n) is 1.89. The van der Waals surface area contributed by atoms with Crippen molar-refractivity contribution < 1.29 is 4.79 Å². The van der Waals surface area contributed by atoms with Crippen LogP contribution in [0.25, 0.3) is 10.9 Å². The molecule has 0 bridgehead atoms. The second kappa shape index (κ2) is 5.63. The number of H-pyrrole nitrogens is 1. The summed E-state index contributed by atoms with van der Waals surface area (Å²) < 4.78 is 0. The number of carbonyl (C=O) groups excluding carboxylic acids is 1. The highest BCUT2D eigenvalue weighted by atomic mass is 35.5. The maximum Gasteiger partial charge on any atom is 0.323 e. The van der Waals surface area contributed by atoms with Crippen LogP contribution in [0, 0.1) is 0 Å². The fourth-order valence-corrected chi connectivity index (χ4v) is 2.19. The number of hydrogen-bond donors (Lipinski definition) is 3. The van der Waals surface area contributed by atoms with E-state index in [9.17, 15) is 4.79 Å². The lowest BCUT2D eigenvalue weighted by Crippen LogP contribution is -2.19. The average molecular weight is 321 g/mol. The molecule has 0 unspecified atom stereocenters. The zero-order valence-corrected chi connectivity index (χ0v) is 12.2. The first-order valence-electron chi connectivity index (χ1n) is 6.08. The Morgan fingerprint density at radius 2 is 1.71 bits per heavy atom. The van der Waals surface area contributed by atoms with Gasteiger partial charge >= 0.3 is 6.03 Å². The smallest absolute Gasteiger partial charge is 0.308 e. The van der Waals surface area contributed by atoms with Gasteiger partial charge < -0.3 is 10.6 Å². The van der Waals surface area contributed by atoms with E-state index in [0.29, 0.717) is 21.4 Å². The molecule has 3 aromatic rings. The van der Waals surface area contributed by atoms with Crippen molar-refractivity contribution in [3.8, 4) is 0 Å². The van der Waals surface area contributed by atoms with Crippen LogP contribution in [0.1, 0.15) is 0 Å². The van der Waals surface area contributed by atoms with Gasteiger partial charge in [0.2, 0.25) is 0 Å². The van der Waals surface area contributed by atoms with Crippen molar-refractivity contribution in [2.24, 2.45) is 0 Å². The number of carbonyl (C=O) groups is 1. The number of fused-ring (bicyclic) bond motifs is 1. The third kappa shape index (κ3) is 3.09. The Kier molecular flexibility index (Phi) is 3.68. The number of amides is 2. The molecule has 0 spiro atoms. The summed E-state index contributed by atoms with van der Waals surface area (Å²) in [6, 6.07) is 9.97. The van der Waals surface area contributed by atoms with Gasteiger partial charge in [-0.1, -0.05) is 23.2 Å². The fraction of sp³-hybridized carbons (Fsp3) is 0. The van der Waals surface area contributed by atoms with Gasteiger partial charge in [-0.3, -0.25) is 5.10 Å². The van der Waals surface area contributed by atoms with Crippen molar-refractivity contribution in [3.63, 3.8) is 0 Å². The quantitative estimate of drug-likeness (QED) is 0.650. The number of rotatable bonds is 2. The van der Waals surface area contributed by atoms with Crippen molar-refractivity contribution in [2.75, 3.05) is 10.6 Å². The van der Waals surface area contributed by atoms with E-state index < -0.39 is 0 Å². The molecule has 5 nitrogen and oxygen atoms in total. The molecule has 0 aliphatic heterocycles. The van der Waals surface area contributed by atoms with Gasteiger partial charge in [0.25, 0.3) is 0 Å². The minimum Gasteiger partial charge on any atom is -0.308 e. The number of aromatic amines is 1. The van der Waals surface area contributed by atoms with Gasteiger partial charge in [0.15, 0.2) is 0 Å².